The zero-order valence-corrected chi connectivity index (χ0v) is 19.0. The highest BCUT2D eigenvalue weighted by molar-refractivity contribution is 5.88. The Labute approximate surface area is 180 Å². The van der Waals surface area contributed by atoms with Gasteiger partial charge in [-0.25, -0.2) is 0 Å². The molecule has 0 spiro atoms. The van der Waals surface area contributed by atoms with E-state index in [0.29, 0.717) is 13.0 Å². The van der Waals surface area contributed by atoms with E-state index in [1.165, 1.54) is 0 Å². The van der Waals surface area contributed by atoms with Gasteiger partial charge in [0.1, 0.15) is 11.8 Å². The summed E-state index contributed by atoms with van der Waals surface area (Å²) in [5.74, 6) is 0.591. The van der Waals surface area contributed by atoms with E-state index >= 15 is 0 Å². The lowest BCUT2D eigenvalue weighted by molar-refractivity contribution is -0.141. The number of nitrogens with zero attached hydrogens (tertiary/aromatic N) is 1. The molecule has 0 aliphatic heterocycles. The van der Waals surface area contributed by atoms with Crippen LogP contribution in [-0.2, 0) is 22.6 Å². The molecule has 0 saturated carbocycles. The van der Waals surface area contributed by atoms with Gasteiger partial charge in [0.2, 0.25) is 11.8 Å². The highest BCUT2D eigenvalue weighted by Gasteiger charge is 2.29. The molecule has 2 aromatic rings. The molecule has 162 valence electrons. The Kier molecular flexibility index (Phi) is 8.46. The van der Waals surface area contributed by atoms with Gasteiger partial charge in [0.05, 0.1) is 13.5 Å². The van der Waals surface area contributed by atoms with Crippen molar-refractivity contribution in [2.75, 3.05) is 7.11 Å². The van der Waals surface area contributed by atoms with E-state index in [-0.39, 0.29) is 24.3 Å². The Morgan fingerprint density at radius 2 is 1.60 bits per heavy atom. The van der Waals surface area contributed by atoms with Gasteiger partial charge in [-0.05, 0) is 57.4 Å². The van der Waals surface area contributed by atoms with Gasteiger partial charge in [-0.3, -0.25) is 9.59 Å². The normalized spacial score (nSPS) is 11.8. The van der Waals surface area contributed by atoms with E-state index in [9.17, 15) is 9.59 Å². The van der Waals surface area contributed by atoms with E-state index in [1.54, 1.807) is 12.0 Å². The summed E-state index contributed by atoms with van der Waals surface area (Å²) in [6.07, 6.45) is 0.817. The Bertz CT molecular complexity index is 839. The van der Waals surface area contributed by atoms with Crippen LogP contribution in [0.25, 0.3) is 0 Å². The number of methoxy groups -OCH3 is 1. The first-order chi connectivity index (χ1) is 14.2. The molecule has 2 aromatic carbocycles. The first-order valence-corrected chi connectivity index (χ1v) is 10.5. The molecule has 2 amide bonds. The van der Waals surface area contributed by atoms with Gasteiger partial charge in [-0.15, -0.1) is 0 Å². The highest BCUT2D eigenvalue weighted by atomic mass is 16.5. The van der Waals surface area contributed by atoms with Gasteiger partial charge >= 0.3 is 0 Å². The average molecular weight is 411 g/mol. The SMILES string of the molecule is CCC(C(=O)NC(C)C)N(Cc1ccc(OC)cc1)C(=O)Cc1cc(C)cc(C)c1. The van der Waals surface area contributed by atoms with Crippen molar-refractivity contribution in [3.63, 3.8) is 0 Å². The van der Waals surface area contributed by atoms with E-state index in [1.807, 2.05) is 71.0 Å². The lowest BCUT2D eigenvalue weighted by Crippen LogP contribution is -2.50. The predicted octanol–water partition coefficient (Wildman–Crippen LogP) is 4.19. The summed E-state index contributed by atoms with van der Waals surface area (Å²) in [7, 11) is 1.62. The monoisotopic (exact) mass is 410 g/mol. The van der Waals surface area contributed by atoms with Crippen LogP contribution in [0.2, 0.25) is 0 Å². The molecule has 0 aromatic heterocycles. The Balaban J connectivity index is 2.31. The third-order valence-corrected chi connectivity index (χ3v) is 4.97. The van der Waals surface area contributed by atoms with Gasteiger partial charge in [0.15, 0.2) is 0 Å². The van der Waals surface area contributed by atoms with Gasteiger partial charge in [0, 0.05) is 12.6 Å². The lowest BCUT2D eigenvalue weighted by atomic mass is 10.0. The molecule has 0 radical (unpaired) electrons. The molecule has 1 atom stereocenters. The number of amides is 2. The van der Waals surface area contributed by atoms with Gasteiger partial charge < -0.3 is 15.0 Å². The van der Waals surface area contributed by atoms with Crippen molar-refractivity contribution in [1.29, 1.82) is 0 Å². The fraction of sp³-hybridized carbons (Fsp3) is 0.440. The number of carbonyl (C=O) groups excluding carboxylic acids is 2. The van der Waals surface area contributed by atoms with Crippen LogP contribution < -0.4 is 10.1 Å². The topological polar surface area (TPSA) is 58.6 Å². The molecule has 1 unspecified atom stereocenters. The summed E-state index contributed by atoms with van der Waals surface area (Å²) in [6, 6.07) is 13.3. The molecule has 0 bridgehead atoms. The van der Waals surface area contributed by atoms with Crippen molar-refractivity contribution in [2.24, 2.45) is 0 Å². The third kappa shape index (κ3) is 6.61. The van der Waals surface area contributed by atoms with Crippen LogP contribution in [0.3, 0.4) is 0 Å². The standard InChI is InChI=1S/C25H34N2O3/c1-7-23(25(29)26-17(2)3)27(16-20-8-10-22(30-6)11-9-20)24(28)15-21-13-18(4)12-19(5)14-21/h8-14,17,23H,7,15-16H2,1-6H3,(H,26,29). The zero-order chi connectivity index (χ0) is 22.3. The number of hydrogen-bond acceptors (Lipinski definition) is 3. The zero-order valence-electron chi connectivity index (χ0n) is 19.0. The molecule has 2 rings (SSSR count). The van der Waals surface area contributed by atoms with Crippen LogP contribution in [0.4, 0.5) is 0 Å². The number of ether oxygens (including phenoxy) is 1. The smallest absolute Gasteiger partial charge is 0.243 e. The van der Waals surface area contributed by atoms with Crippen molar-refractivity contribution in [1.82, 2.24) is 10.2 Å². The van der Waals surface area contributed by atoms with Crippen molar-refractivity contribution >= 4 is 11.8 Å². The molecule has 5 nitrogen and oxygen atoms in total. The summed E-state index contributed by atoms with van der Waals surface area (Å²) in [5.41, 5.74) is 4.19. The minimum atomic E-state index is -0.520. The molecule has 5 heteroatoms. The van der Waals surface area contributed by atoms with Crippen LogP contribution in [-0.4, -0.2) is 35.9 Å². The van der Waals surface area contributed by atoms with E-state index < -0.39 is 6.04 Å². The van der Waals surface area contributed by atoms with E-state index in [0.717, 1.165) is 28.0 Å². The van der Waals surface area contributed by atoms with Crippen molar-refractivity contribution in [3.8, 4) is 5.75 Å². The number of aryl methyl sites for hydroxylation is 2. The third-order valence-electron chi connectivity index (χ3n) is 4.97. The first-order valence-electron chi connectivity index (χ1n) is 10.5. The fourth-order valence-electron chi connectivity index (χ4n) is 3.68. The quantitative estimate of drug-likeness (QED) is 0.674. The van der Waals surface area contributed by atoms with Gasteiger partial charge in [-0.1, -0.05) is 48.4 Å². The number of rotatable bonds is 9. The summed E-state index contributed by atoms with van der Waals surface area (Å²) in [4.78, 5) is 27.9. The molecule has 0 aliphatic rings. The van der Waals surface area contributed by atoms with E-state index in [2.05, 4.69) is 11.4 Å². The molecule has 0 aliphatic carbocycles. The maximum absolute atomic E-state index is 13.4. The van der Waals surface area contributed by atoms with E-state index in [4.69, 9.17) is 4.74 Å². The predicted molar refractivity (Wildman–Crippen MR) is 121 cm³/mol. The van der Waals surface area contributed by atoms with Crippen molar-refractivity contribution < 1.29 is 14.3 Å². The average Bonchev–Trinajstić information content (AvgIpc) is 2.66. The Hall–Kier alpha value is -2.82. The molecule has 0 fully saturated rings. The van der Waals surface area contributed by atoms with Gasteiger partial charge in [-0.2, -0.15) is 0 Å². The highest BCUT2D eigenvalue weighted by Crippen LogP contribution is 2.18. The summed E-state index contributed by atoms with van der Waals surface area (Å²) >= 11 is 0. The van der Waals surface area contributed by atoms with Crippen LogP contribution in [0.5, 0.6) is 5.75 Å². The minimum absolute atomic E-state index is 0.0175. The second-order valence-electron chi connectivity index (χ2n) is 8.13. The molecule has 1 N–H and O–H groups in total. The van der Waals surface area contributed by atoms with Crippen LogP contribution in [0.1, 0.15) is 49.4 Å². The second-order valence-corrected chi connectivity index (χ2v) is 8.13. The number of carbonyl (C=O) groups is 2. The van der Waals surface area contributed by atoms with Gasteiger partial charge in [0.25, 0.3) is 0 Å². The fourth-order valence-corrected chi connectivity index (χ4v) is 3.68. The second kappa shape index (κ2) is 10.8. The van der Waals surface area contributed by atoms with Crippen LogP contribution in [0, 0.1) is 13.8 Å². The number of hydrogen-bond donors (Lipinski definition) is 1. The van der Waals surface area contributed by atoms with Crippen molar-refractivity contribution in [2.45, 2.75) is 66.1 Å². The molecule has 0 saturated heterocycles. The number of benzene rings is 2. The first kappa shape index (κ1) is 23.5. The van der Waals surface area contributed by atoms with Crippen LogP contribution >= 0.6 is 0 Å². The molecule has 30 heavy (non-hydrogen) atoms. The Morgan fingerprint density at radius 3 is 2.10 bits per heavy atom. The number of nitrogens with one attached hydrogen (secondary N) is 1. The largest absolute Gasteiger partial charge is 0.497 e. The molecular formula is C25H34N2O3. The maximum atomic E-state index is 13.4. The molecule has 0 heterocycles. The van der Waals surface area contributed by atoms with Crippen molar-refractivity contribution in [3.05, 3.63) is 64.7 Å². The Morgan fingerprint density at radius 1 is 1.00 bits per heavy atom. The summed E-state index contributed by atoms with van der Waals surface area (Å²) < 4.78 is 5.23. The summed E-state index contributed by atoms with van der Waals surface area (Å²) in [6.45, 7) is 10.2. The minimum Gasteiger partial charge on any atom is -0.497 e. The maximum Gasteiger partial charge on any atom is 0.243 e. The lowest BCUT2D eigenvalue weighted by Gasteiger charge is -2.31. The van der Waals surface area contributed by atoms with Crippen LogP contribution in [0.15, 0.2) is 42.5 Å². The summed E-state index contributed by atoms with van der Waals surface area (Å²) in [5, 5.41) is 2.96. The molecular weight excluding hydrogens is 376 g/mol.